The number of piperidine rings is 1. The monoisotopic (exact) mass is 424 g/mol. The molecule has 3 heterocycles. The fourth-order valence-electron chi connectivity index (χ4n) is 3.69. The van der Waals surface area contributed by atoms with E-state index in [4.69, 9.17) is 4.74 Å². The maximum Gasteiger partial charge on any atom is 0.315 e. The molecule has 0 amide bonds. The molecule has 1 N–H and O–H groups in total. The molecule has 3 rings (SSSR count). The summed E-state index contributed by atoms with van der Waals surface area (Å²) in [6, 6.07) is 0.0348. The number of nitrogens with one attached hydrogen (secondary N) is 1. The first kappa shape index (κ1) is 21.4. The average Bonchev–Trinajstić information content (AvgIpc) is 2.70. The Hall–Kier alpha value is -2.27. The minimum Gasteiger partial charge on any atom is -0.477 e. The highest BCUT2D eigenvalue weighted by Gasteiger charge is 2.25. The fraction of sp³-hybridized carbons (Fsp3) is 0.667. The SMILES string of the molecule is CCC(CC)n1c(=O)c(OC)nc2cnc(NC3CCN(S(C)(=O)=O)CC3)nc21. The Kier molecular flexibility index (Phi) is 6.37. The lowest BCUT2D eigenvalue weighted by Gasteiger charge is -2.30. The molecule has 2 aromatic rings. The summed E-state index contributed by atoms with van der Waals surface area (Å²) < 4.78 is 31.6. The van der Waals surface area contributed by atoms with E-state index in [9.17, 15) is 13.2 Å². The van der Waals surface area contributed by atoms with Crippen LogP contribution in [0.3, 0.4) is 0 Å². The molecular formula is C18H28N6O4S. The van der Waals surface area contributed by atoms with Crippen LogP contribution in [0.1, 0.15) is 45.6 Å². The van der Waals surface area contributed by atoms with Crippen LogP contribution in [-0.2, 0) is 10.0 Å². The van der Waals surface area contributed by atoms with E-state index in [-0.39, 0.29) is 23.5 Å². The second-order valence-electron chi connectivity index (χ2n) is 7.25. The van der Waals surface area contributed by atoms with E-state index in [1.54, 1.807) is 10.8 Å². The molecule has 0 aromatic carbocycles. The Balaban J connectivity index is 1.91. The van der Waals surface area contributed by atoms with Gasteiger partial charge in [0.05, 0.1) is 19.6 Å². The molecule has 0 spiro atoms. The van der Waals surface area contributed by atoms with Gasteiger partial charge in [-0.15, -0.1) is 0 Å². The molecule has 29 heavy (non-hydrogen) atoms. The van der Waals surface area contributed by atoms with Gasteiger partial charge in [-0.3, -0.25) is 9.36 Å². The number of aromatic nitrogens is 4. The van der Waals surface area contributed by atoms with Gasteiger partial charge in [-0.2, -0.15) is 4.98 Å². The highest BCUT2D eigenvalue weighted by atomic mass is 32.2. The minimum absolute atomic E-state index is 0.0253. The molecule has 0 unspecified atom stereocenters. The van der Waals surface area contributed by atoms with Crippen LogP contribution in [0.4, 0.5) is 5.95 Å². The molecule has 1 aliphatic rings. The summed E-state index contributed by atoms with van der Waals surface area (Å²) in [5, 5.41) is 3.28. The van der Waals surface area contributed by atoms with E-state index in [2.05, 4.69) is 20.3 Å². The molecule has 0 radical (unpaired) electrons. The Labute approximate surface area is 170 Å². The number of hydrogen-bond donors (Lipinski definition) is 1. The van der Waals surface area contributed by atoms with Crippen LogP contribution in [0.25, 0.3) is 11.2 Å². The summed E-state index contributed by atoms with van der Waals surface area (Å²) in [5.74, 6) is 0.434. The Morgan fingerprint density at radius 1 is 1.24 bits per heavy atom. The Morgan fingerprint density at radius 2 is 1.90 bits per heavy atom. The quantitative estimate of drug-likeness (QED) is 0.708. The molecule has 1 saturated heterocycles. The van der Waals surface area contributed by atoms with Crippen molar-refractivity contribution in [1.82, 2.24) is 23.8 Å². The minimum atomic E-state index is -3.17. The predicted octanol–water partition coefficient (Wildman–Crippen LogP) is 1.39. The largest absolute Gasteiger partial charge is 0.477 e. The number of hydrogen-bond acceptors (Lipinski definition) is 8. The second-order valence-corrected chi connectivity index (χ2v) is 9.23. The molecule has 1 aliphatic heterocycles. The van der Waals surface area contributed by atoms with E-state index in [1.165, 1.54) is 17.7 Å². The first-order chi connectivity index (χ1) is 13.8. The van der Waals surface area contributed by atoms with E-state index in [1.807, 2.05) is 13.8 Å². The zero-order chi connectivity index (χ0) is 21.2. The molecule has 10 nitrogen and oxygen atoms in total. The molecule has 160 valence electrons. The van der Waals surface area contributed by atoms with Crippen molar-refractivity contribution in [2.24, 2.45) is 0 Å². The van der Waals surface area contributed by atoms with Gasteiger partial charge in [0.15, 0.2) is 5.65 Å². The van der Waals surface area contributed by atoms with E-state index >= 15 is 0 Å². The molecule has 1 fully saturated rings. The van der Waals surface area contributed by atoms with Gasteiger partial charge >= 0.3 is 5.56 Å². The van der Waals surface area contributed by atoms with E-state index < -0.39 is 10.0 Å². The third kappa shape index (κ3) is 4.50. The number of sulfonamides is 1. The zero-order valence-electron chi connectivity index (χ0n) is 17.3. The van der Waals surface area contributed by atoms with Crippen LogP contribution < -0.4 is 15.6 Å². The number of anilines is 1. The van der Waals surface area contributed by atoms with E-state index in [0.29, 0.717) is 43.0 Å². The van der Waals surface area contributed by atoms with Crippen molar-refractivity contribution in [3.63, 3.8) is 0 Å². The van der Waals surface area contributed by atoms with Gasteiger partial charge in [-0.25, -0.2) is 22.7 Å². The molecular weight excluding hydrogens is 396 g/mol. The molecule has 11 heteroatoms. The van der Waals surface area contributed by atoms with Gasteiger partial charge in [0.1, 0.15) is 5.52 Å². The lowest BCUT2D eigenvalue weighted by molar-refractivity contribution is 0.331. The third-order valence-corrected chi connectivity index (χ3v) is 6.66. The molecule has 0 atom stereocenters. The summed E-state index contributed by atoms with van der Waals surface area (Å²) in [4.78, 5) is 26.0. The highest BCUT2D eigenvalue weighted by molar-refractivity contribution is 7.88. The normalized spacial score (nSPS) is 16.4. The predicted molar refractivity (Wildman–Crippen MR) is 111 cm³/mol. The smallest absolute Gasteiger partial charge is 0.315 e. The summed E-state index contributed by atoms with van der Waals surface area (Å²) in [5.41, 5.74) is 0.654. The Bertz CT molecular complexity index is 1030. The van der Waals surface area contributed by atoms with Crippen molar-refractivity contribution in [3.05, 3.63) is 16.6 Å². The van der Waals surface area contributed by atoms with Crippen LogP contribution in [0, 0.1) is 0 Å². The number of rotatable bonds is 7. The summed E-state index contributed by atoms with van der Waals surface area (Å²) >= 11 is 0. The number of methoxy groups -OCH3 is 1. The maximum atomic E-state index is 12.8. The summed E-state index contributed by atoms with van der Waals surface area (Å²) in [7, 11) is -1.74. The number of nitrogens with zero attached hydrogens (tertiary/aromatic N) is 5. The lowest BCUT2D eigenvalue weighted by atomic mass is 10.1. The maximum absolute atomic E-state index is 12.8. The van der Waals surface area contributed by atoms with Crippen LogP contribution in [-0.4, -0.2) is 64.7 Å². The van der Waals surface area contributed by atoms with Gasteiger partial charge in [-0.1, -0.05) is 13.8 Å². The first-order valence-corrected chi connectivity index (χ1v) is 11.7. The van der Waals surface area contributed by atoms with Crippen LogP contribution in [0.5, 0.6) is 5.88 Å². The van der Waals surface area contributed by atoms with Gasteiger partial charge in [0.25, 0.3) is 5.88 Å². The average molecular weight is 425 g/mol. The van der Waals surface area contributed by atoms with Gasteiger partial charge in [0.2, 0.25) is 16.0 Å². The van der Waals surface area contributed by atoms with Crippen molar-refractivity contribution in [3.8, 4) is 5.88 Å². The second kappa shape index (κ2) is 8.62. The molecule has 0 aliphatic carbocycles. The highest BCUT2D eigenvalue weighted by Crippen LogP contribution is 2.22. The van der Waals surface area contributed by atoms with Crippen molar-refractivity contribution >= 4 is 27.1 Å². The first-order valence-electron chi connectivity index (χ1n) is 9.83. The zero-order valence-corrected chi connectivity index (χ0v) is 18.1. The summed E-state index contributed by atoms with van der Waals surface area (Å²) in [6.45, 7) is 4.97. The molecule has 0 saturated carbocycles. The standard InChI is InChI=1S/C18H28N6O4S/c1-5-13(6-2)24-15-14(21-16(28-3)17(24)25)11-19-18(22-15)20-12-7-9-23(10-8-12)29(4,26)27/h11-13H,5-10H2,1-4H3,(H,19,20,22). The van der Waals surface area contributed by atoms with Gasteiger partial charge < -0.3 is 10.1 Å². The number of fused-ring (bicyclic) bond motifs is 1. The lowest BCUT2D eigenvalue weighted by Crippen LogP contribution is -2.42. The topological polar surface area (TPSA) is 119 Å². The van der Waals surface area contributed by atoms with Crippen molar-refractivity contribution < 1.29 is 13.2 Å². The fourth-order valence-corrected chi connectivity index (χ4v) is 4.56. The third-order valence-electron chi connectivity index (χ3n) is 5.36. The van der Waals surface area contributed by atoms with Crippen molar-refractivity contribution in [2.75, 3.05) is 31.8 Å². The molecule has 2 aromatic heterocycles. The Morgan fingerprint density at radius 3 is 2.45 bits per heavy atom. The van der Waals surface area contributed by atoms with Crippen LogP contribution in [0.15, 0.2) is 11.0 Å². The molecule has 0 bridgehead atoms. The van der Waals surface area contributed by atoms with Crippen molar-refractivity contribution in [1.29, 1.82) is 0 Å². The van der Waals surface area contributed by atoms with Crippen LogP contribution in [0.2, 0.25) is 0 Å². The van der Waals surface area contributed by atoms with Crippen molar-refractivity contribution in [2.45, 2.75) is 51.6 Å². The number of ether oxygens (including phenoxy) is 1. The van der Waals surface area contributed by atoms with Gasteiger partial charge in [-0.05, 0) is 25.7 Å². The summed E-state index contributed by atoms with van der Waals surface area (Å²) in [6.07, 6.45) is 5.68. The van der Waals surface area contributed by atoms with E-state index in [0.717, 1.165) is 12.8 Å². The van der Waals surface area contributed by atoms with Gasteiger partial charge in [0, 0.05) is 25.2 Å². The van der Waals surface area contributed by atoms with Crippen LogP contribution >= 0.6 is 0 Å².